The molecule has 0 saturated carbocycles. The van der Waals surface area contributed by atoms with Gasteiger partial charge in [0.05, 0.1) is 0 Å². The molecule has 0 radical (unpaired) electrons. The van der Waals surface area contributed by atoms with Gasteiger partial charge in [-0.15, -0.1) is 0 Å². The molecule has 88 valence electrons. The van der Waals surface area contributed by atoms with Crippen LogP contribution in [0.1, 0.15) is 25.7 Å². The maximum Gasteiger partial charge on any atom is 0.320 e. The van der Waals surface area contributed by atoms with Gasteiger partial charge in [-0.3, -0.25) is 9.59 Å². The smallest absolute Gasteiger partial charge is 0.320 e. The van der Waals surface area contributed by atoms with Crippen LogP contribution in [0.15, 0.2) is 0 Å². The molecule has 0 aromatic carbocycles. The van der Waals surface area contributed by atoms with Gasteiger partial charge in [-0.1, -0.05) is 0 Å². The molecule has 6 nitrogen and oxygen atoms in total. The van der Waals surface area contributed by atoms with Crippen molar-refractivity contribution in [3.05, 3.63) is 0 Å². The van der Waals surface area contributed by atoms with Crippen LogP contribution in [-0.2, 0) is 9.59 Å². The number of hydrogen-bond acceptors (Lipinski definition) is 4. The third kappa shape index (κ3) is 7.90. The van der Waals surface area contributed by atoms with Crippen LogP contribution in [-0.4, -0.2) is 36.1 Å². The lowest BCUT2D eigenvalue weighted by Gasteiger charge is -2.06. The SMILES string of the molecule is NCCC(=O)NCCCCC(N)C(=O)O. The average Bonchev–Trinajstić information content (AvgIpc) is 2.17. The summed E-state index contributed by atoms with van der Waals surface area (Å²) in [5.41, 5.74) is 10.5. The minimum Gasteiger partial charge on any atom is -0.480 e. The Bertz CT molecular complexity index is 209. The average molecular weight is 217 g/mol. The zero-order valence-corrected chi connectivity index (χ0v) is 8.74. The molecule has 15 heavy (non-hydrogen) atoms. The van der Waals surface area contributed by atoms with Crippen LogP contribution < -0.4 is 16.8 Å². The molecule has 0 aliphatic rings. The highest BCUT2D eigenvalue weighted by Gasteiger charge is 2.09. The van der Waals surface area contributed by atoms with Gasteiger partial charge in [0.2, 0.25) is 5.91 Å². The zero-order chi connectivity index (χ0) is 11.7. The van der Waals surface area contributed by atoms with Crippen molar-refractivity contribution in [2.45, 2.75) is 31.7 Å². The van der Waals surface area contributed by atoms with Gasteiger partial charge >= 0.3 is 5.97 Å². The summed E-state index contributed by atoms with van der Waals surface area (Å²) in [4.78, 5) is 21.3. The van der Waals surface area contributed by atoms with Gasteiger partial charge in [-0.2, -0.15) is 0 Å². The molecule has 0 aliphatic carbocycles. The van der Waals surface area contributed by atoms with Crippen LogP contribution in [0, 0.1) is 0 Å². The summed E-state index contributed by atoms with van der Waals surface area (Å²) in [5.74, 6) is -1.05. The fraction of sp³-hybridized carbons (Fsp3) is 0.778. The molecule has 1 unspecified atom stereocenters. The normalized spacial score (nSPS) is 12.1. The Labute approximate surface area is 89.0 Å². The number of amides is 1. The number of rotatable bonds is 8. The molecule has 0 saturated heterocycles. The third-order valence-electron chi connectivity index (χ3n) is 1.95. The second kappa shape index (κ2) is 8.19. The van der Waals surface area contributed by atoms with Crippen molar-refractivity contribution in [2.24, 2.45) is 11.5 Å². The predicted octanol–water partition coefficient (Wildman–Crippen LogP) is -0.966. The Morgan fingerprint density at radius 1 is 1.33 bits per heavy atom. The molecular formula is C9H19N3O3. The molecule has 0 heterocycles. The topological polar surface area (TPSA) is 118 Å². The van der Waals surface area contributed by atoms with E-state index < -0.39 is 12.0 Å². The Kier molecular flexibility index (Phi) is 7.57. The number of aliphatic carboxylic acids is 1. The predicted molar refractivity (Wildman–Crippen MR) is 56.1 cm³/mol. The van der Waals surface area contributed by atoms with Crippen LogP contribution in [0.4, 0.5) is 0 Å². The van der Waals surface area contributed by atoms with Crippen molar-refractivity contribution in [1.82, 2.24) is 5.32 Å². The van der Waals surface area contributed by atoms with Gasteiger partial charge in [-0.25, -0.2) is 0 Å². The summed E-state index contributed by atoms with van der Waals surface area (Å²) in [6.45, 7) is 0.890. The van der Waals surface area contributed by atoms with Gasteiger partial charge < -0.3 is 21.9 Å². The molecule has 0 rings (SSSR count). The third-order valence-corrected chi connectivity index (χ3v) is 1.95. The van der Waals surface area contributed by atoms with Crippen LogP contribution in [0.25, 0.3) is 0 Å². The maximum absolute atomic E-state index is 10.9. The molecule has 6 heteroatoms. The van der Waals surface area contributed by atoms with Crippen LogP contribution >= 0.6 is 0 Å². The molecule has 6 N–H and O–H groups in total. The second-order valence-corrected chi connectivity index (χ2v) is 3.33. The van der Waals surface area contributed by atoms with Gasteiger partial charge in [0.1, 0.15) is 6.04 Å². The van der Waals surface area contributed by atoms with Crippen LogP contribution in [0.5, 0.6) is 0 Å². The molecular weight excluding hydrogens is 198 g/mol. The molecule has 0 spiro atoms. The van der Waals surface area contributed by atoms with E-state index in [9.17, 15) is 9.59 Å². The first-order valence-electron chi connectivity index (χ1n) is 5.03. The van der Waals surface area contributed by atoms with Gasteiger partial charge in [0, 0.05) is 19.5 Å². The maximum atomic E-state index is 10.9. The lowest BCUT2D eigenvalue weighted by molar-refractivity contribution is -0.138. The van der Waals surface area contributed by atoms with Crippen molar-refractivity contribution < 1.29 is 14.7 Å². The quantitative estimate of drug-likeness (QED) is 0.390. The van der Waals surface area contributed by atoms with Gasteiger partial charge in [-0.05, 0) is 19.3 Å². The summed E-state index contributed by atoms with van der Waals surface area (Å²) >= 11 is 0. The van der Waals surface area contributed by atoms with E-state index in [0.29, 0.717) is 32.4 Å². The monoisotopic (exact) mass is 217 g/mol. The van der Waals surface area contributed by atoms with Crippen molar-refractivity contribution in [3.8, 4) is 0 Å². The molecule has 0 aliphatic heterocycles. The Balaban J connectivity index is 3.32. The van der Waals surface area contributed by atoms with Crippen molar-refractivity contribution in [3.63, 3.8) is 0 Å². The van der Waals surface area contributed by atoms with E-state index in [1.165, 1.54) is 0 Å². The summed E-state index contributed by atoms with van der Waals surface area (Å²) in [6, 6.07) is -0.801. The Morgan fingerprint density at radius 2 is 2.00 bits per heavy atom. The number of carboxylic acid groups (broad SMARTS) is 1. The molecule has 0 aromatic heterocycles. The van der Waals surface area contributed by atoms with Crippen LogP contribution in [0.2, 0.25) is 0 Å². The molecule has 0 aromatic rings. The first-order chi connectivity index (χ1) is 7.07. The van der Waals surface area contributed by atoms with E-state index in [0.717, 1.165) is 6.42 Å². The van der Waals surface area contributed by atoms with Crippen molar-refractivity contribution >= 4 is 11.9 Å². The summed E-state index contributed by atoms with van der Waals surface area (Å²) in [6.07, 6.45) is 2.18. The number of carbonyl (C=O) groups is 2. The molecule has 1 atom stereocenters. The lowest BCUT2D eigenvalue weighted by Crippen LogP contribution is -2.30. The number of carbonyl (C=O) groups excluding carboxylic acids is 1. The first kappa shape index (κ1) is 13.9. The zero-order valence-electron chi connectivity index (χ0n) is 8.74. The van der Waals surface area contributed by atoms with E-state index in [1.54, 1.807) is 0 Å². The second-order valence-electron chi connectivity index (χ2n) is 3.33. The highest BCUT2D eigenvalue weighted by Crippen LogP contribution is 1.98. The van der Waals surface area contributed by atoms with Crippen molar-refractivity contribution in [1.29, 1.82) is 0 Å². The number of hydrogen-bond donors (Lipinski definition) is 4. The van der Waals surface area contributed by atoms with Gasteiger partial charge in [0.15, 0.2) is 0 Å². The fourth-order valence-electron chi connectivity index (χ4n) is 1.06. The standard InChI is InChI=1S/C9H19N3O3/c10-5-4-8(13)12-6-2-1-3-7(11)9(14)15/h7H,1-6,10-11H2,(H,12,13)(H,14,15). The number of nitrogens with two attached hydrogens (primary N) is 2. The Hall–Kier alpha value is -1.14. The van der Waals surface area contributed by atoms with E-state index in [2.05, 4.69) is 5.32 Å². The Morgan fingerprint density at radius 3 is 2.53 bits per heavy atom. The molecule has 1 amide bonds. The summed E-state index contributed by atoms with van der Waals surface area (Å²) in [5, 5.41) is 11.2. The highest BCUT2D eigenvalue weighted by atomic mass is 16.4. The fourth-order valence-corrected chi connectivity index (χ4v) is 1.06. The van der Waals surface area contributed by atoms with Gasteiger partial charge in [0.25, 0.3) is 0 Å². The van der Waals surface area contributed by atoms with E-state index in [-0.39, 0.29) is 5.91 Å². The van der Waals surface area contributed by atoms with E-state index in [4.69, 9.17) is 16.6 Å². The minimum absolute atomic E-state index is 0.0694. The minimum atomic E-state index is -0.984. The lowest BCUT2D eigenvalue weighted by atomic mass is 10.1. The number of nitrogens with one attached hydrogen (secondary N) is 1. The molecule has 0 bridgehead atoms. The number of unbranched alkanes of at least 4 members (excludes halogenated alkanes) is 1. The number of carboxylic acids is 1. The largest absolute Gasteiger partial charge is 0.480 e. The summed E-state index contributed by atoms with van der Waals surface area (Å²) < 4.78 is 0. The van der Waals surface area contributed by atoms with Crippen molar-refractivity contribution in [2.75, 3.05) is 13.1 Å². The first-order valence-corrected chi connectivity index (χ1v) is 5.03. The highest BCUT2D eigenvalue weighted by molar-refractivity contribution is 5.76. The van der Waals surface area contributed by atoms with E-state index >= 15 is 0 Å². The molecule has 0 fully saturated rings. The summed E-state index contributed by atoms with van der Waals surface area (Å²) in [7, 11) is 0. The van der Waals surface area contributed by atoms with E-state index in [1.807, 2.05) is 0 Å². The van der Waals surface area contributed by atoms with Crippen LogP contribution in [0.3, 0.4) is 0 Å².